The van der Waals surface area contributed by atoms with E-state index in [1.165, 1.54) is 16.4 Å². The summed E-state index contributed by atoms with van der Waals surface area (Å²) in [6.07, 6.45) is 4.52. The zero-order valence-corrected chi connectivity index (χ0v) is 12.6. The van der Waals surface area contributed by atoms with E-state index in [0.717, 1.165) is 0 Å². The molecule has 0 radical (unpaired) electrons. The van der Waals surface area contributed by atoms with Crippen molar-refractivity contribution >= 4 is 43.2 Å². The molecule has 18 heavy (non-hydrogen) atoms. The number of nitrogen functional groups attached to an aromatic ring is 1. The summed E-state index contributed by atoms with van der Waals surface area (Å²) < 4.78 is 26.7. The second-order valence-corrected chi connectivity index (χ2v) is 7.07. The number of nitrogens with zero attached hydrogens (tertiary/aromatic N) is 1. The monoisotopic (exact) mass is 350 g/mol. The van der Waals surface area contributed by atoms with E-state index in [1.54, 1.807) is 0 Å². The average molecular weight is 352 g/mol. The summed E-state index contributed by atoms with van der Waals surface area (Å²) >= 11 is 9.08. The Balaban J connectivity index is 2.50. The van der Waals surface area contributed by atoms with Crippen LogP contribution in [0.1, 0.15) is 6.42 Å². The van der Waals surface area contributed by atoms with Crippen molar-refractivity contribution in [2.75, 3.05) is 18.8 Å². The maximum Gasteiger partial charge on any atom is 0.244 e. The van der Waals surface area contributed by atoms with Crippen LogP contribution in [0.15, 0.2) is 33.7 Å². The first-order valence-electron chi connectivity index (χ1n) is 5.32. The van der Waals surface area contributed by atoms with Gasteiger partial charge < -0.3 is 5.73 Å². The fourth-order valence-electron chi connectivity index (χ4n) is 1.75. The third-order valence-corrected chi connectivity index (χ3v) is 5.93. The third-order valence-electron chi connectivity index (χ3n) is 2.67. The second-order valence-electron chi connectivity index (χ2n) is 3.93. The maximum atomic E-state index is 12.5. The van der Waals surface area contributed by atoms with Crippen LogP contribution in [0.2, 0.25) is 5.02 Å². The highest BCUT2D eigenvalue weighted by Gasteiger charge is 2.27. The van der Waals surface area contributed by atoms with E-state index < -0.39 is 10.0 Å². The molecule has 7 heteroatoms. The fraction of sp³-hybridized carbons (Fsp3) is 0.273. The van der Waals surface area contributed by atoms with E-state index in [-0.39, 0.29) is 4.90 Å². The zero-order chi connectivity index (χ0) is 13.3. The summed E-state index contributed by atoms with van der Waals surface area (Å²) in [6.45, 7) is 0.846. The van der Waals surface area contributed by atoms with Crippen molar-refractivity contribution in [2.45, 2.75) is 11.3 Å². The van der Waals surface area contributed by atoms with E-state index in [1.807, 2.05) is 12.2 Å². The van der Waals surface area contributed by atoms with Gasteiger partial charge in [-0.2, -0.15) is 4.31 Å². The predicted molar refractivity (Wildman–Crippen MR) is 76.1 cm³/mol. The SMILES string of the molecule is Nc1cc(Cl)cc(S(=O)(=O)N2CC=CCC2)c1Br. The Morgan fingerprint density at radius 3 is 2.67 bits per heavy atom. The number of anilines is 1. The van der Waals surface area contributed by atoms with Gasteiger partial charge in [0.25, 0.3) is 0 Å². The smallest absolute Gasteiger partial charge is 0.244 e. The van der Waals surface area contributed by atoms with Gasteiger partial charge in [0.1, 0.15) is 0 Å². The molecule has 1 aliphatic heterocycles. The standard InChI is InChI=1S/C11H12BrClN2O2S/c12-11-9(14)6-8(13)7-10(11)18(16,17)15-4-2-1-3-5-15/h1-2,6-7H,3-5,14H2. The summed E-state index contributed by atoms with van der Waals surface area (Å²) in [6, 6.07) is 2.93. The number of nitrogens with two attached hydrogens (primary N) is 1. The lowest BCUT2D eigenvalue weighted by Crippen LogP contribution is -2.34. The minimum atomic E-state index is -3.57. The molecule has 0 bridgehead atoms. The summed E-state index contributed by atoms with van der Waals surface area (Å²) in [7, 11) is -3.57. The van der Waals surface area contributed by atoms with E-state index in [9.17, 15) is 8.42 Å². The van der Waals surface area contributed by atoms with Crippen LogP contribution in [0.4, 0.5) is 5.69 Å². The molecule has 2 rings (SSSR count). The van der Waals surface area contributed by atoms with Crippen LogP contribution >= 0.6 is 27.5 Å². The number of hydrogen-bond donors (Lipinski definition) is 1. The molecule has 1 heterocycles. The molecule has 0 aliphatic carbocycles. The molecule has 0 atom stereocenters. The van der Waals surface area contributed by atoms with Gasteiger partial charge in [0, 0.05) is 23.8 Å². The Morgan fingerprint density at radius 2 is 2.06 bits per heavy atom. The second kappa shape index (κ2) is 5.21. The van der Waals surface area contributed by atoms with Gasteiger partial charge in [0.15, 0.2) is 0 Å². The van der Waals surface area contributed by atoms with Gasteiger partial charge in [-0.15, -0.1) is 0 Å². The molecule has 98 valence electrons. The Hall–Kier alpha value is -0.560. The topological polar surface area (TPSA) is 63.4 Å². The van der Waals surface area contributed by atoms with Crippen LogP contribution in [-0.4, -0.2) is 25.8 Å². The van der Waals surface area contributed by atoms with E-state index in [0.29, 0.717) is 34.7 Å². The van der Waals surface area contributed by atoms with Crippen molar-refractivity contribution in [3.63, 3.8) is 0 Å². The number of benzene rings is 1. The van der Waals surface area contributed by atoms with Crippen LogP contribution < -0.4 is 5.73 Å². The molecule has 2 N–H and O–H groups in total. The maximum absolute atomic E-state index is 12.5. The molecule has 0 fully saturated rings. The minimum absolute atomic E-state index is 0.114. The molecule has 0 spiro atoms. The predicted octanol–water partition coefficient (Wildman–Crippen LogP) is 2.64. The van der Waals surface area contributed by atoms with Crippen molar-refractivity contribution in [3.05, 3.63) is 33.8 Å². The van der Waals surface area contributed by atoms with Crippen LogP contribution in [0.5, 0.6) is 0 Å². The van der Waals surface area contributed by atoms with Crippen molar-refractivity contribution in [2.24, 2.45) is 0 Å². The van der Waals surface area contributed by atoms with Gasteiger partial charge in [0.05, 0.1) is 9.37 Å². The molecule has 0 saturated heterocycles. The molecular formula is C11H12BrClN2O2S. The van der Waals surface area contributed by atoms with E-state index in [4.69, 9.17) is 17.3 Å². The molecule has 0 amide bonds. The van der Waals surface area contributed by atoms with E-state index >= 15 is 0 Å². The molecule has 0 aromatic heterocycles. The van der Waals surface area contributed by atoms with Gasteiger partial charge >= 0.3 is 0 Å². The Bertz CT molecular complexity index is 601. The minimum Gasteiger partial charge on any atom is -0.398 e. The zero-order valence-electron chi connectivity index (χ0n) is 9.44. The highest BCUT2D eigenvalue weighted by Crippen LogP contribution is 2.33. The van der Waals surface area contributed by atoms with Crippen LogP contribution in [0.3, 0.4) is 0 Å². The van der Waals surface area contributed by atoms with Crippen molar-refractivity contribution in [1.29, 1.82) is 0 Å². The number of halogens is 2. The highest BCUT2D eigenvalue weighted by atomic mass is 79.9. The number of hydrogen-bond acceptors (Lipinski definition) is 3. The third kappa shape index (κ3) is 2.56. The van der Waals surface area contributed by atoms with Gasteiger partial charge in [-0.3, -0.25) is 0 Å². The van der Waals surface area contributed by atoms with Gasteiger partial charge in [0.2, 0.25) is 10.0 Å². The molecule has 0 saturated carbocycles. The largest absolute Gasteiger partial charge is 0.398 e. The summed E-state index contributed by atoms with van der Waals surface area (Å²) in [4.78, 5) is 0.114. The molecule has 1 aliphatic rings. The van der Waals surface area contributed by atoms with Crippen LogP contribution in [0, 0.1) is 0 Å². The molecule has 0 unspecified atom stereocenters. The summed E-state index contributed by atoms with van der Waals surface area (Å²) in [5.41, 5.74) is 6.03. The van der Waals surface area contributed by atoms with Gasteiger partial charge in [-0.1, -0.05) is 23.8 Å². The van der Waals surface area contributed by atoms with Gasteiger partial charge in [-0.05, 0) is 34.5 Å². The number of rotatable bonds is 2. The molecular weight excluding hydrogens is 340 g/mol. The molecule has 1 aromatic rings. The first-order valence-corrected chi connectivity index (χ1v) is 7.93. The lowest BCUT2D eigenvalue weighted by molar-refractivity contribution is 0.437. The van der Waals surface area contributed by atoms with E-state index in [2.05, 4.69) is 15.9 Å². The Morgan fingerprint density at radius 1 is 1.33 bits per heavy atom. The normalized spacial score (nSPS) is 17.0. The summed E-state index contributed by atoms with van der Waals surface area (Å²) in [5.74, 6) is 0. The van der Waals surface area contributed by atoms with Gasteiger partial charge in [-0.25, -0.2) is 8.42 Å². The summed E-state index contributed by atoms with van der Waals surface area (Å²) in [5, 5.41) is 0.307. The highest BCUT2D eigenvalue weighted by molar-refractivity contribution is 9.10. The van der Waals surface area contributed by atoms with Crippen LogP contribution in [-0.2, 0) is 10.0 Å². The lowest BCUT2D eigenvalue weighted by Gasteiger charge is -2.23. The van der Waals surface area contributed by atoms with Crippen LogP contribution in [0.25, 0.3) is 0 Å². The average Bonchev–Trinajstić information content (AvgIpc) is 2.34. The first-order chi connectivity index (χ1) is 8.43. The van der Waals surface area contributed by atoms with Crippen molar-refractivity contribution in [3.8, 4) is 0 Å². The lowest BCUT2D eigenvalue weighted by atomic mass is 10.3. The molecule has 4 nitrogen and oxygen atoms in total. The quantitative estimate of drug-likeness (QED) is 0.658. The van der Waals surface area contributed by atoms with Crippen molar-refractivity contribution < 1.29 is 8.42 Å². The fourth-order valence-corrected chi connectivity index (χ4v) is 4.41. The number of sulfonamides is 1. The van der Waals surface area contributed by atoms with Crippen molar-refractivity contribution in [1.82, 2.24) is 4.31 Å². The molecule has 1 aromatic carbocycles. The Labute approximate surface area is 120 Å². The first kappa shape index (κ1) is 13.9. The Kier molecular flexibility index (Phi) is 4.01.